The van der Waals surface area contributed by atoms with Gasteiger partial charge in [-0.1, -0.05) is 12.5 Å². The number of carbonyl (C=O) groups is 4. The average molecular weight is 403 g/mol. The van der Waals surface area contributed by atoms with Gasteiger partial charge < -0.3 is 16.1 Å². The molecule has 2 heterocycles. The number of piperidine rings is 1. The van der Waals surface area contributed by atoms with E-state index in [1.54, 1.807) is 6.07 Å². The van der Waals surface area contributed by atoms with Gasteiger partial charge in [0.1, 0.15) is 6.04 Å². The molecule has 1 saturated heterocycles. The molecule has 1 radical (unpaired) electrons. The van der Waals surface area contributed by atoms with E-state index in [1.807, 2.05) is 0 Å². The molecule has 1 fully saturated rings. The first-order valence-electron chi connectivity index (χ1n) is 7.51. The quantitative estimate of drug-likeness (QED) is 0.600. The largest absolute Gasteiger partial charge is 0.332 e. The number of hydrogen-bond acceptors (Lipinski definition) is 4. The van der Waals surface area contributed by atoms with Crippen LogP contribution in [-0.2, 0) is 42.3 Å². The zero-order chi connectivity index (χ0) is 17.0. The van der Waals surface area contributed by atoms with Crippen LogP contribution in [0.2, 0.25) is 0 Å². The fourth-order valence-electron chi connectivity index (χ4n) is 2.35. The Hall–Kier alpha value is -1.40. The summed E-state index contributed by atoms with van der Waals surface area (Å²) in [5.41, 5.74) is 0.425. The van der Waals surface area contributed by atoms with Crippen molar-refractivity contribution in [3.8, 4) is 0 Å². The molecule has 0 spiro atoms. The minimum absolute atomic E-state index is 0. The van der Waals surface area contributed by atoms with E-state index in [4.69, 9.17) is 0 Å². The van der Waals surface area contributed by atoms with Gasteiger partial charge in [-0.3, -0.25) is 19.7 Å². The number of hydrogen-bond donors (Lipinski definition) is 1. The Morgan fingerprint density at radius 1 is 1.29 bits per heavy atom. The number of rotatable bonds is 2. The molecule has 24 heavy (non-hydrogen) atoms. The van der Waals surface area contributed by atoms with Gasteiger partial charge in [0.2, 0.25) is 17.7 Å². The average Bonchev–Trinajstić information content (AvgIpc) is 2.80. The van der Waals surface area contributed by atoms with Crippen LogP contribution in [0.15, 0.2) is 18.2 Å². The number of amides is 4. The number of nitrogens with one attached hydrogen (secondary N) is 1. The molecule has 1 N–H and O–H groups in total. The number of nitrogens with zero attached hydrogens (tertiary/aromatic N) is 1. The Morgan fingerprint density at radius 3 is 2.50 bits per heavy atom. The molecule has 0 aromatic heterocycles. The van der Waals surface area contributed by atoms with E-state index < -0.39 is 23.8 Å². The number of fused-ring (bicyclic) bond motifs is 1. The van der Waals surface area contributed by atoms with E-state index >= 15 is 0 Å². The molecule has 125 valence electrons. The summed E-state index contributed by atoms with van der Waals surface area (Å²) in [5, 5.41) is 2.14. The first-order chi connectivity index (χ1) is 11.0. The van der Waals surface area contributed by atoms with E-state index in [9.17, 15) is 19.2 Å². The minimum Gasteiger partial charge on any atom is -0.332 e. The third-order valence-electron chi connectivity index (χ3n) is 3.67. The van der Waals surface area contributed by atoms with Gasteiger partial charge in [-0.2, -0.15) is 13.3 Å². The second-order valence-corrected chi connectivity index (χ2v) is 5.22. The van der Waals surface area contributed by atoms with Crippen LogP contribution >= 0.6 is 0 Å². The molecule has 2 aliphatic heterocycles. The molecule has 6 nitrogen and oxygen atoms in total. The van der Waals surface area contributed by atoms with Crippen molar-refractivity contribution < 1.29 is 51.9 Å². The molecule has 1 atom stereocenters. The van der Waals surface area contributed by atoms with Crippen LogP contribution < -0.4 is 5.32 Å². The van der Waals surface area contributed by atoms with Crippen molar-refractivity contribution in [3.05, 3.63) is 41.8 Å². The van der Waals surface area contributed by atoms with Crippen LogP contribution in [0.4, 0.5) is 0 Å². The fourth-order valence-corrected chi connectivity index (χ4v) is 2.35. The standard InChI is InChI=1S/C13H9N2O4.C4H9.Y/c16-10-6-5-9(11(17)14-10)15-12(18)7-3-1-2-4-8(7)13(15)19;1-3-4-2;/h1-3,9H,5-6H2,(H,14,16,17);3H,4H2,1-2H3;/q2*-1;. The molecular weight excluding hydrogens is 385 g/mol. The van der Waals surface area contributed by atoms with Gasteiger partial charge in [-0.25, -0.2) is 0 Å². The summed E-state index contributed by atoms with van der Waals surface area (Å²) >= 11 is 0. The molecule has 3 rings (SSSR count). The summed E-state index contributed by atoms with van der Waals surface area (Å²) in [7, 11) is 0. The third-order valence-corrected chi connectivity index (χ3v) is 3.67. The number of imide groups is 2. The van der Waals surface area contributed by atoms with Crippen LogP contribution in [0.1, 0.15) is 53.8 Å². The SMILES string of the molecule is C[CH-]CC.O=C1CCC(N2C(=O)c3[c-]cccc3C2=O)C(=O)N1.[Y]. The maximum atomic E-state index is 12.2. The van der Waals surface area contributed by atoms with Crippen LogP contribution in [0.25, 0.3) is 0 Å². The predicted molar refractivity (Wildman–Crippen MR) is 82.2 cm³/mol. The van der Waals surface area contributed by atoms with Gasteiger partial charge in [-0.15, -0.1) is 24.3 Å². The van der Waals surface area contributed by atoms with Crippen molar-refractivity contribution in [2.75, 3.05) is 0 Å². The second-order valence-electron chi connectivity index (χ2n) is 5.22. The molecule has 1 aromatic rings. The van der Waals surface area contributed by atoms with E-state index in [1.165, 1.54) is 18.6 Å². The van der Waals surface area contributed by atoms with Crippen LogP contribution in [0.3, 0.4) is 0 Å². The summed E-state index contributed by atoms with van der Waals surface area (Å²) in [5.74, 6) is -2.03. The van der Waals surface area contributed by atoms with Crippen molar-refractivity contribution in [2.45, 2.75) is 39.2 Å². The Morgan fingerprint density at radius 2 is 1.96 bits per heavy atom. The number of benzene rings is 1. The first-order valence-corrected chi connectivity index (χ1v) is 7.51. The molecule has 0 bridgehead atoms. The molecule has 1 aromatic carbocycles. The summed E-state index contributed by atoms with van der Waals surface area (Å²) in [6.07, 6.45) is 3.60. The third kappa shape index (κ3) is 4.16. The minimum atomic E-state index is -0.918. The Kier molecular flexibility index (Phi) is 7.90. The van der Waals surface area contributed by atoms with Crippen LogP contribution in [-0.4, -0.2) is 34.6 Å². The van der Waals surface area contributed by atoms with Crippen molar-refractivity contribution in [3.63, 3.8) is 0 Å². The monoisotopic (exact) mass is 403 g/mol. The smallest absolute Gasteiger partial charge is 0.249 e. The summed E-state index contributed by atoms with van der Waals surface area (Å²) in [6, 6.07) is 6.47. The maximum Gasteiger partial charge on any atom is 0.249 e. The van der Waals surface area contributed by atoms with Gasteiger partial charge in [-0.05, 0) is 12.0 Å². The Balaban J connectivity index is 0.000000522. The number of carbonyl (C=O) groups excluding carboxylic acids is 4. The zero-order valence-corrected chi connectivity index (χ0v) is 16.5. The van der Waals surface area contributed by atoms with E-state index in [0.29, 0.717) is 0 Å². The Bertz CT molecular complexity index is 623. The molecular formula is C17H18N2O4Y-2. The van der Waals surface area contributed by atoms with Gasteiger partial charge in [0.25, 0.3) is 0 Å². The number of unbranched alkanes of at least 4 members (excludes halogenated alkanes) is 1. The van der Waals surface area contributed by atoms with E-state index in [2.05, 4.69) is 31.7 Å². The topological polar surface area (TPSA) is 83.6 Å². The van der Waals surface area contributed by atoms with Crippen molar-refractivity contribution in [1.82, 2.24) is 10.2 Å². The van der Waals surface area contributed by atoms with E-state index in [-0.39, 0.29) is 62.6 Å². The van der Waals surface area contributed by atoms with Crippen molar-refractivity contribution in [1.29, 1.82) is 0 Å². The fraction of sp³-hybridized carbons (Fsp3) is 0.353. The summed E-state index contributed by atoms with van der Waals surface area (Å²) in [4.78, 5) is 48.1. The van der Waals surface area contributed by atoms with Crippen LogP contribution in [0, 0.1) is 12.5 Å². The van der Waals surface area contributed by atoms with Gasteiger partial charge in [0, 0.05) is 39.1 Å². The van der Waals surface area contributed by atoms with Gasteiger partial charge in [0.15, 0.2) is 5.91 Å². The van der Waals surface area contributed by atoms with Crippen LogP contribution in [0.5, 0.6) is 0 Å². The molecule has 7 heteroatoms. The molecule has 4 amide bonds. The molecule has 0 saturated carbocycles. The van der Waals surface area contributed by atoms with Crippen molar-refractivity contribution in [2.24, 2.45) is 0 Å². The second kappa shape index (κ2) is 9.18. The van der Waals surface area contributed by atoms with Gasteiger partial charge >= 0.3 is 0 Å². The zero-order valence-electron chi connectivity index (χ0n) is 13.7. The Labute approximate surface area is 166 Å². The predicted octanol–water partition coefficient (Wildman–Crippen LogP) is 1.51. The molecule has 2 aliphatic rings. The van der Waals surface area contributed by atoms with Gasteiger partial charge in [0.05, 0.1) is 0 Å². The molecule has 1 unspecified atom stereocenters. The maximum absolute atomic E-state index is 12.2. The normalized spacial score (nSPS) is 19.1. The van der Waals surface area contributed by atoms with Crippen molar-refractivity contribution >= 4 is 23.6 Å². The first kappa shape index (κ1) is 20.6. The van der Waals surface area contributed by atoms with E-state index in [0.717, 1.165) is 4.90 Å². The molecule has 0 aliphatic carbocycles. The summed E-state index contributed by atoms with van der Waals surface area (Å²) < 4.78 is 0. The summed E-state index contributed by atoms with van der Waals surface area (Å²) in [6.45, 7) is 4.18.